The van der Waals surface area contributed by atoms with Crippen molar-refractivity contribution >= 4 is 5.69 Å². The Morgan fingerprint density at radius 2 is 2.12 bits per heavy atom. The van der Waals surface area contributed by atoms with E-state index in [2.05, 4.69) is 4.98 Å². The lowest BCUT2D eigenvalue weighted by Gasteiger charge is -2.18. The third-order valence-electron chi connectivity index (χ3n) is 2.35. The fraction of sp³-hybridized carbons (Fsp3) is 0.545. The van der Waals surface area contributed by atoms with Crippen LogP contribution < -0.4 is 4.90 Å². The minimum atomic E-state index is -2.37. The molecule has 1 atom stereocenters. The quantitative estimate of drug-likeness (QED) is 0.842. The third kappa shape index (κ3) is 3.41. The second-order valence-electron chi connectivity index (χ2n) is 3.64. The van der Waals surface area contributed by atoms with Gasteiger partial charge in [-0.1, -0.05) is 6.92 Å². The average molecular weight is 230 g/mol. The molecule has 0 aliphatic rings. The number of anilines is 1. The summed E-state index contributed by atoms with van der Waals surface area (Å²) in [6.45, 7) is 1.53. The summed E-state index contributed by atoms with van der Waals surface area (Å²) in [5.41, 5.74) is 1.18. The largest absolute Gasteiger partial charge is 0.387 e. The predicted octanol–water partition coefficient (Wildman–Crippen LogP) is 2.23. The Hall–Kier alpha value is -1.23. The zero-order valence-electron chi connectivity index (χ0n) is 9.40. The Kier molecular flexibility index (Phi) is 4.61. The van der Waals surface area contributed by atoms with Crippen LogP contribution >= 0.6 is 0 Å². The van der Waals surface area contributed by atoms with Gasteiger partial charge in [-0.15, -0.1) is 0 Å². The minimum Gasteiger partial charge on any atom is -0.387 e. The van der Waals surface area contributed by atoms with Crippen LogP contribution in [0.1, 0.15) is 25.1 Å². The van der Waals surface area contributed by atoms with Crippen LogP contribution in [0.3, 0.4) is 0 Å². The second-order valence-corrected chi connectivity index (χ2v) is 3.64. The topological polar surface area (TPSA) is 36.4 Å². The van der Waals surface area contributed by atoms with E-state index in [1.54, 1.807) is 19.2 Å². The van der Waals surface area contributed by atoms with Gasteiger partial charge in [-0.2, -0.15) is 0 Å². The van der Waals surface area contributed by atoms with Gasteiger partial charge in [-0.3, -0.25) is 4.98 Å². The van der Waals surface area contributed by atoms with Gasteiger partial charge in [0.1, 0.15) is 0 Å². The predicted molar refractivity (Wildman–Crippen MR) is 58.8 cm³/mol. The highest BCUT2D eigenvalue weighted by Gasteiger charge is 2.10. The van der Waals surface area contributed by atoms with Gasteiger partial charge in [-0.25, -0.2) is 8.78 Å². The van der Waals surface area contributed by atoms with Crippen LogP contribution in [-0.4, -0.2) is 30.1 Å². The number of pyridine rings is 1. The van der Waals surface area contributed by atoms with E-state index in [4.69, 9.17) is 0 Å². The molecule has 1 rings (SSSR count). The van der Waals surface area contributed by atoms with Crippen molar-refractivity contribution in [1.82, 2.24) is 4.98 Å². The number of aliphatic hydroxyl groups excluding tert-OH is 1. The summed E-state index contributed by atoms with van der Waals surface area (Å²) in [5, 5.41) is 9.51. The van der Waals surface area contributed by atoms with Gasteiger partial charge in [0, 0.05) is 7.05 Å². The van der Waals surface area contributed by atoms with Gasteiger partial charge in [0.15, 0.2) is 0 Å². The number of aliphatic hydroxyl groups is 1. The van der Waals surface area contributed by atoms with E-state index in [0.717, 1.165) is 0 Å². The zero-order chi connectivity index (χ0) is 12.1. The van der Waals surface area contributed by atoms with Gasteiger partial charge < -0.3 is 10.0 Å². The zero-order valence-corrected chi connectivity index (χ0v) is 9.40. The molecule has 0 aliphatic heterocycles. The molecule has 0 spiro atoms. The Morgan fingerprint density at radius 1 is 1.44 bits per heavy atom. The van der Waals surface area contributed by atoms with Crippen LogP contribution in [0.2, 0.25) is 0 Å². The molecule has 0 aliphatic carbocycles. The number of aromatic nitrogens is 1. The number of halogens is 2. The summed E-state index contributed by atoms with van der Waals surface area (Å²) in [7, 11) is 1.58. The Balaban J connectivity index is 2.70. The number of hydrogen-bond acceptors (Lipinski definition) is 3. The lowest BCUT2D eigenvalue weighted by molar-refractivity contribution is 0.156. The summed E-state index contributed by atoms with van der Waals surface area (Å²) >= 11 is 0. The van der Waals surface area contributed by atoms with Crippen molar-refractivity contribution in [3.63, 3.8) is 0 Å². The third-order valence-corrected chi connectivity index (χ3v) is 2.35. The molecule has 3 nitrogen and oxygen atoms in total. The number of nitrogens with zero attached hydrogens (tertiary/aromatic N) is 2. The molecule has 0 unspecified atom stereocenters. The lowest BCUT2D eigenvalue weighted by Crippen LogP contribution is -2.24. The molecule has 0 amide bonds. The summed E-state index contributed by atoms with van der Waals surface area (Å²) in [5.74, 6) is 0. The molecule has 1 aromatic rings. The van der Waals surface area contributed by atoms with Gasteiger partial charge in [-0.05, 0) is 18.6 Å². The number of alkyl halides is 2. The Bertz CT molecular complexity index is 316. The SMILES string of the molecule is CC[C@@H](O)c1ccc(N(C)CC(F)F)cn1. The lowest BCUT2D eigenvalue weighted by atomic mass is 10.2. The van der Waals surface area contributed by atoms with Gasteiger partial charge >= 0.3 is 0 Å². The molecule has 1 heterocycles. The van der Waals surface area contributed by atoms with Crippen LogP contribution in [0.4, 0.5) is 14.5 Å². The van der Waals surface area contributed by atoms with Crippen molar-refractivity contribution < 1.29 is 13.9 Å². The molecular weight excluding hydrogens is 214 g/mol. The van der Waals surface area contributed by atoms with Crippen molar-refractivity contribution in [3.05, 3.63) is 24.0 Å². The first kappa shape index (κ1) is 12.8. The average Bonchev–Trinajstić information content (AvgIpc) is 2.27. The van der Waals surface area contributed by atoms with E-state index in [0.29, 0.717) is 17.8 Å². The summed E-state index contributed by atoms with van der Waals surface area (Å²) in [6, 6.07) is 3.34. The summed E-state index contributed by atoms with van der Waals surface area (Å²) in [4.78, 5) is 5.47. The molecule has 0 bridgehead atoms. The van der Waals surface area contributed by atoms with Crippen molar-refractivity contribution in [2.75, 3.05) is 18.5 Å². The first-order valence-corrected chi connectivity index (χ1v) is 5.18. The Labute approximate surface area is 93.7 Å². The first-order valence-electron chi connectivity index (χ1n) is 5.18. The first-order chi connectivity index (χ1) is 7.54. The van der Waals surface area contributed by atoms with Crippen LogP contribution in [0, 0.1) is 0 Å². The molecule has 1 N–H and O–H groups in total. The number of rotatable bonds is 5. The molecule has 0 fully saturated rings. The van der Waals surface area contributed by atoms with Gasteiger partial charge in [0.2, 0.25) is 0 Å². The van der Waals surface area contributed by atoms with Crippen LogP contribution in [0.25, 0.3) is 0 Å². The smallest absolute Gasteiger partial charge is 0.255 e. The Morgan fingerprint density at radius 3 is 2.56 bits per heavy atom. The second kappa shape index (κ2) is 5.75. The van der Waals surface area contributed by atoms with E-state index in [-0.39, 0.29) is 6.54 Å². The molecule has 0 aromatic carbocycles. The fourth-order valence-corrected chi connectivity index (χ4v) is 1.34. The molecule has 16 heavy (non-hydrogen) atoms. The summed E-state index contributed by atoms with van der Waals surface area (Å²) < 4.78 is 24.3. The van der Waals surface area contributed by atoms with Gasteiger partial charge in [0.25, 0.3) is 6.43 Å². The standard InChI is InChI=1S/C11H16F2N2O/c1-3-10(16)9-5-4-8(6-14-9)15(2)7-11(12)13/h4-6,10-11,16H,3,7H2,1-2H3/t10-/m1/s1. The van der Waals surface area contributed by atoms with Crippen molar-refractivity contribution in [1.29, 1.82) is 0 Å². The molecular formula is C11H16F2N2O. The maximum absolute atomic E-state index is 12.1. The van der Waals surface area contributed by atoms with Crippen molar-refractivity contribution in [2.45, 2.75) is 25.9 Å². The maximum Gasteiger partial charge on any atom is 0.255 e. The van der Waals surface area contributed by atoms with E-state index in [9.17, 15) is 13.9 Å². The molecule has 90 valence electrons. The fourth-order valence-electron chi connectivity index (χ4n) is 1.34. The normalized spacial score (nSPS) is 12.9. The van der Waals surface area contributed by atoms with Crippen molar-refractivity contribution in [2.24, 2.45) is 0 Å². The van der Waals surface area contributed by atoms with Gasteiger partial charge in [0.05, 0.1) is 30.2 Å². The van der Waals surface area contributed by atoms with E-state index >= 15 is 0 Å². The summed E-state index contributed by atoms with van der Waals surface area (Å²) in [6.07, 6.45) is -0.879. The van der Waals surface area contributed by atoms with E-state index < -0.39 is 12.5 Å². The monoisotopic (exact) mass is 230 g/mol. The van der Waals surface area contributed by atoms with Crippen molar-refractivity contribution in [3.8, 4) is 0 Å². The van der Waals surface area contributed by atoms with E-state index in [1.807, 2.05) is 6.92 Å². The highest BCUT2D eigenvalue weighted by Crippen LogP contribution is 2.17. The highest BCUT2D eigenvalue weighted by atomic mass is 19.3. The highest BCUT2D eigenvalue weighted by molar-refractivity contribution is 5.43. The molecule has 1 aromatic heterocycles. The molecule has 5 heteroatoms. The minimum absolute atomic E-state index is 0.322. The molecule has 0 saturated carbocycles. The molecule has 0 radical (unpaired) electrons. The van der Waals surface area contributed by atoms with Crippen LogP contribution in [0.5, 0.6) is 0 Å². The van der Waals surface area contributed by atoms with Crippen LogP contribution in [0.15, 0.2) is 18.3 Å². The molecule has 0 saturated heterocycles. The number of hydrogen-bond donors (Lipinski definition) is 1. The van der Waals surface area contributed by atoms with E-state index in [1.165, 1.54) is 11.1 Å². The van der Waals surface area contributed by atoms with Crippen LogP contribution in [-0.2, 0) is 0 Å². The maximum atomic E-state index is 12.1.